The van der Waals surface area contributed by atoms with Crippen LogP contribution in [0.2, 0.25) is 0 Å². The molecule has 1 N–H and O–H groups in total. The van der Waals surface area contributed by atoms with E-state index in [2.05, 4.69) is 19.2 Å². The highest BCUT2D eigenvalue weighted by Crippen LogP contribution is 2.26. The Morgan fingerprint density at radius 2 is 1.83 bits per heavy atom. The number of ether oxygens (including phenoxy) is 1. The minimum Gasteiger partial charge on any atom is -0.491 e. The predicted octanol–water partition coefficient (Wildman–Crippen LogP) is 3.86. The smallest absolute Gasteiger partial charge is 0.244 e. The molecule has 164 valence electrons. The molecule has 7 heteroatoms. The highest BCUT2D eigenvalue weighted by molar-refractivity contribution is 7.92. The number of benzene rings is 2. The standard InChI is InChI=1S/C23H32N2O4S/c1-6-21(25(30(5,27)28)19-11-9-10-18(4)16-19)23(26)24-14-15-29-22-13-8-7-12-20(22)17(2)3/h7-13,16-17,21H,6,14-15H2,1-5H3,(H,24,26). The minimum absolute atomic E-state index is 0.285. The largest absolute Gasteiger partial charge is 0.491 e. The van der Waals surface area contributed by atoms with E-state index in [1.807, 2.05) is 37.3 Å². The molecular formula is C23H32N2O4S. The summed E-state index contributed by atoms with van der Waals surface area (Å²) >= 11 is 0. The fraction of sp³-hybridized carbons (Fsp3) is 0.435. The quantitative estimate of drug-likeness (QED) is 0.579. The Bertz CT molecular complexity index is 957. The van der Waals surface area contributed by atoms with Gasteiger partial charge in [-0.3, -0.25) is 9.10 Å². The highest BCUT2D eigenvalue weighted by Gasteiger charge is 2.31. The number of para-hydroxylation sites is 1. The van der Waals surface area contributed by atoms with Gasteiger partial charge in [0, 0.05) is 0 Å². The molecule has 0 aliphatic carbocycles. The van der Waals surface area contributed by atoms with E-state index < -0.39 is 16.1 Å². The van der Waals surface area contributed by atoms with Crippen molar-refractivity contribution in [3.8, 4) is 5.75 Å². The van der Waals surface area contributed by atoms with E-state index in [0.717, 1.165) is 23.1 Å². The van der Waals surface area contributed by atoms with Crippen molar-refractivity contribution in [2.45, 2.75) is 46.1 Å². The second-order valence-corrected chi connectivity index (χ2v) is 9.51. The van der Waals surface area contributed by atoms with Gasteiger partial charge in [0.05, 0.1) is 18.5 Å². The number of carbonyl (C=O) groups is 1. The lowest BCUT2D eigenvalue weighted by Gasteiger charge is -2.30. The SMILES string of the molecule is CCC(C(=O)NCCOc1ccccc1C(C)C)N(c1cccc(C)c1)S(C)(=O)=O. The van der Waals surface area contributed by atoms with Crippen molar-refractivity contribution in [1.82, 2.24) is 5.32 Å². The lowest BCUT2D eigenvalue weighted by atomic mass is 10.0. The van der Waals surface area contributed by atoms with Gasteiger partial charge < -0.3 is 10.1 Å². The zero-order chi connectivity index (χ0) is 22.3. The maximum atomic E-state index is 12.8. The third-order valence-corrected chi connectivity index (χ3v) is 5.97. The van der Waals surface area contributed by atoms with Crippen molar-refractivity contribution in [3.05, 3.63) is 59.7 Å². The van der Waals surface area contributed by atoms with Crippen molar-refractivity contribution in [3.63, 3.8) is 0 Å². The number of rotatable bonds is 10. The highest BCUT2D eigenvalue weighted by atomic mass is 32.2. The topological polar surface area (TPSA) is 75.7 Å². The molecule has 0 heterocycles. The zero-order valence-corrected chi connectivity index (χ0v) is 19.2. The van der Waals surface area contributed by atoms with Crippen LogP contribution in [0.1, 0.15) is 44.2 Å². The van der Waals surface area contributed by atoms with E-state index in [-0.39, 0.29) is 12.5 Å². The van der Waals surface area contributed by atoms with Gasteiger partial charge in [0.2, 0.25) is 15.9 Å². The summed E-state index contributed by atoms with van der Waals surface area (Å²) in [5, 5.41) is 2.82. The molecule has 0 aliphatic heterocycles. The number of aryl methyl sites for hydroxylation is 1. The van der Waals surface area contributed by atoms with E-state index in [1.165, 1.54) is 4.31 Å². The van der Waals surface area contributed by atoms with Crippen LogP contribution in [-0.4, -0.2) is 39.8 Å². The Hall–Kier alpha value is -2.54. The maximum absolute atomic E-state index is 12.8. The summed E-state index contributed by atoms with van der Waals surface area (Å²) in [5.41, 5.74) is 2.52. The molecule has 30 heavy (non-hydrogen) atoms. The first-order chi connectivity index (χ1) is 14.1. The average Bonchev–Trinajstić information content (AvgIpc) is 2.68. The van der Waals surface area contributed by atoms with Crippen LogP contribution < -0.4 is 14.4 Å². The predicted molar refractivity (Wildman–Crippen MR) is 122 cm³/mol. The van der Waals surface area contributed by atoms with Crippen LogP contribution >= 0.6 is 0 Å². The number of nitrogens with one attached hydrogen (secondary N) is 1. The Kier molecular flexibility index (Phi) is 8.29. The maximum Gasteiger partial charge on any atom is 0.244 e. The number of hydrogen-bond donors (Lipinski definition) is 1. The second-order valence-electron chi connectivity index (χ2n) is 7.65. The third kappa shape index (κ3) is 6.23. The van der Waals surface area contributed by atoms with Crippen LogP contribution in [0.3, 0.4) is 0 Å². The van der Waals surface area contributed by atoms with Crippen LogP contribution in [0.5, 0.6) is 5.75 Å². The number of amides is 1. The monoisotopic (exact) mass is 432 g/mol. The van der Waals surface area contributed by atoms with Crippen LogP contribution in [-0.2, 0) is 14.8 Å². The first-order valence-corrected chi connectivity index (χ1v) is 12.1. The molecule has 0 saturated heterocycles. The normalized spacial score (nSPS) is 12.5. The van der Waals surface area contributed by atoms with Gasteiger partial charge in [0.1, 0.15) is 18.4 Å². The fourth-order valence-corrected chi connectivity index (χ4v) is 4.57. The van der Waals surface area contributed by atoms with Gasteiger partial charge in [-0.1, -0.05) is 51.1 Å². The molecule has 0 aromatic heterocycles. The number of carbonyl (C=O) groups excluding carboxylic acids is 1. The second kappa shape index (κ2) is 10.5. The van der Waals surface area contributed by atoms with Gasteiger partial charge in [-0.2, -0.15) is 0 Å². The molecule has 0 aliphatic rings. The Balaban J connectivity index is 2.06. The van der Waals surface area contributed by atoms with Gasteiger partial charge >= 0.3 is 0 Å². The summed E-state index contributed by atoms with van der Waals surface area (Å²) in [7, 11) is -3.64. The van der Waals surface area contributed by atoms with E-state index in [1.54, 1.807) is 25.1 Å². The molecule has 0 saturated carbocycles. The minimum atomic E-state index is -3.64. The molecule has 1 atom stereocenters. The van der Waals surface area contributed by atoms with Crippen LogP contribution in [0.15, 0.2) is 48.5 Å². The molecule has 2 aromatic rings. The van der Waals surface area contributed by atoms with E-state index >= 15 is 0 Å². The average molecular weight is 433 g/mol. The van der Waals surface area contributed by atoms with Crippen molar-refractivity contribution in [1.29, 1.82) is 0 Å². The van der Waals surface area contributed by atoms with E-state index in [0.29, 0.717) is 24.6 Å². The van der Waals surface area contributed by atoms with Crippen molar-refractivity contribution in [2.75, 3.05) is 23.7 Å². The zero-order valence-electron chi connectivity index (χ0n) is 18.4. The van der Waals surface area contributed by atoms with Crippen molar-refractivity contribution >= 4 is 21.6 Å². The fourth-order valence-electron chi connectivity index (χ4n) is 3.37. The summed E-state index contributed by atoms with van der Waals surface area (Å²) in [6.45, 7) is 8.47. The van der Waals surface area contributed by atoms with Gasteiger partial charge in [0.25, 0.3) is 0 Å². The van der Waals surface area contributed by atoms with Crippen LogP contribution in [0.4, 0.5) is 5.69 Å². The van der Waals surface area contributed by atoms with Crippen LogP contribution in [0.25, 0.3) is 0 Å². The third-order valence-electron chi connectivity index (χ3n) is 4.79. The molecule has 6 nitrogen and oxygen atoms in total. The number of anilines is 1. The molecule has 0 spiro atoms. The summed E-state index contributed by atoms with van der Waals surface area (Å²) in [4.78, 5) is 12.8. The first kappa shape index (κ1) is 23.7. The van der Waals surface area contributed by atoms with Gasteiger partial charge in [-0.25, -0.2) is 8.42 Å². The molecule has 2 rings (SSSR count). The van der Waals surface area contributed by atoms with Gasteiger partial charge in [0.15, 0.2) is 0 Å². The summed E-state index contributed by atoms with van der Waals surface area (Å²) in [5.74, 6) is 0.786. The summed E-state index contributed by atoms with van der Waals surface area (Å²) in [6.07, 6.45) is 1.47. The van der Waals surface area contributed by atoms with Gasteiger partial charge in [-0.15, -0.1) is 0 Å². The number of nitrogens with zero attached hydrogens (tertiary/aromatic N) is 1. The lowest BCUT2D eigenvalue weighted by molar-refractivity contribution is -0.122. The Morgan fingerprint density at radius 3 is 2.43 bits per heavy atom. The molecule has 1 amide bonds. The molecular weight excluding hydrogens is 400 g/mol. The Labute approximate surface area is 180 Å². The van der Waals surface area contributed by atoms with Crippen molar-refractivity contribution in [2.24, 2.45) is 0 Å². The molecule has 0 radical (unpaired) electrons. The van der Waals surface area contributed by atoms with E-state index in [4.69, 9.17) is 4.74 Å². The summed E-state index contributed by atoms with van der Waals surface area (Å²) < 4.78 is 32.0. The molecule has 0 bridgehead atoms. The Morgan fingerprint density at radius 1 is 1.13 bits per heavy atom. The number of sulfonamides is 1. The van der Waals surface area contributed by atoms with Crippen molar-refractivity contribution < 1.29 is 17.9 Å². The number of hydrogen-bond acceptors (Lipinski definition) is 4. The molecule has 0 fully saturated rings. The molecule has 1 unspecified atom stereocenters. The van der Waals surface area contributed by atoms with Gasteiger partial charge in [-0.05, 0) is 48.6 Å². The van der Waals surface area contributed by atoms with Crippen LogP contribution in [0, 0.1) is 6.92 Å². The summed E-state index contributed by atoms with van der Waals surface area (Å²) in [6, 6.07) is 14.1. The lowest BCUT2D eigenvalue weighted by Crippen LogP contribution is -2.50. The van der Waals surface area contributed by atoms with E-state index in [9.17, 15) is 13.2 Å². The first-order valence-electron chi connectivity index (χ1n) is 10.2. The molecule has 2 aromatic carbocycles.